The number of nitrogens with zero attached hydrogens (tertiary/aromatic N) is 3. The van der Waals surface area contributed by atoms with E-state index in [0.717, 1.165) is 38.6 Å². The number of carbonyl (C=O) groups is 1. The van der Waals surface area contributed by atoms with Crippen LogP contribution in [0.2, 0.25) is 5.02 Å². The first kappa shape index (κ1) is 18.9. The lowest BCUT2D eigenvalue weighted by atomic mass is 9.86. The van der Waals surface area contributed by atoms with Gasteiger partial charge in [-0.25, -0.2) is 0 Å². The fourth-order valence-corrected chi connectivity index (χ4v) is 3.92. The zero-order chi connectivity index (χ0) is 18.7. The minimum atomic E-state index is -0.0729. The van der Waals surface area contributed by atoms with Gasteiger partial charge in [-0.3, -0.25) is 14.5 Å². The van der Waals surface area contributed by atoms with E-state index in [1.807, 2.05) is 6.92 Å². The van der Waals surface area contributed by atoms with Crippen molar-refractivity contribution in [1.82, 2.24) is 20.1 Å². The van der Waals surface area contributed by atoms with Crippen molar-refractivity contribution in [2.24, 2.45) is 5.92 Å². The van der Waals surface area contributed by atoms with E-state index < -0.39 is 0 Å². The third-order valence-electron chi connectivity index (χ3n) is 5.31. The second-order valence-electron chi connectivity index (χ2n) is 7.31. The molecule has 2 heterocycles. The van der Waals surface area contributed by atoms with Crippen LogP contribution in [0.15, 0.2) is 18.5 Å². The molecule has 6 heteroatoms. The maximum absolute atomic E-state index is 12.5. The molecule has 1 amide bonds. The molecule has 1 saturated carbocycles. The highest BCUT2D eigenvalue weighted by Gasteiger charge is 2.24. The van der Waals surface area contributed by atoms with Crippen molar-refractivity contribution in [2.75, 3.05) is 0 Å². The summed E-state index contributed by atoms with van der Waals surface area (Å²) in [6.07, 6.45) is 8.93. The van der Waals surface area contributed by atoms with Gasteiger partial charge in [0.2, 0.25) is 0 Å². The molecule has 1 aliphatic rings. The van der Waals surface area contributed by atoms with Gasteiger partial charge in [0.05, 0.1) is 22.0 Å². The molecule has 26 heavy (non-hydrogen) atoms. The summed E-state index contributed by atoms with van der Waals surface area (Å²) in [6, 6.07) is 1.92. The summed E-state index contributed by atoms with van der Waals surface area (Å²) < 4.78 is 2.10. The van der Waals surface area contributed by atoms with Gasteiger partial charge in [0, 0.05) is 25.0 Å². The Balaban J connectivity index is 1.52. The second-order valence-corrected chi connectivity index (χ2v) is 7.75. The van der Waals surface area contributed by atoms with Crippen LogP contribution in [-0.4, -0.2) is 26.7 Å². The van der Waals surface area contributed by atoms with Gasteiger partial charge in [-0.2, -0.15) is 5.10 Å². The standard InChI is InChI=1S/C20H27ClN4O/c1-4-19-13(2)11-25(24-19)12-15-5-7-17(8-6-15)23-20(26)18-9-16(21)10-22-14(18)3/h9-11,15,17H,4-8,12H2,1-3H3,(H,23,26)/t15-,17-. The van der Waals surface area contributed by atoms with Crippen molar-refractivity contribution >= 4 is 17.5 Å². The number of rotatable bonds is 5. The maximum Gasteiger partial charge on any atom is 0.253 e. The van der Waals surface area contributed by atoms with Crippen LogP contribution < -0.4 is 5.32 Å². The Morgan fingerprint density at radius 1 is 1.31 bits per heavy atom. The average molecular weight is 375 g/mol. The van der Waals surface area contributed by atoms with E-state index in [9.17, 15) is 4.79 Å². The van der Waals surface area contributed by atoms with Crippen molar-refractivity contribution in [1.29, 1.82) is 0 Å². The van der Waals surface area contributed by atoms with E-state index in [-0.39, 0.29) is 11.9 Å². The SMILES string of the molecule is CCc1nn(C[C@H]2CC[C@H](NC(=O)c3cc(Cl)cnc3C)CC2)cc1C. The van der Waals surface area contributed by atoms with Gasteiger partial charge in [-0.15, -0.1) is 0 Å². The number of aromatic nitrogens is 3. The van der Waals surface area contributed by atoms with Crippen molar-refractivity contribution in [2.45, 2.75) is 65.5 Å². The number of hydrogen-bond donors (Lipinski definition) is 1. The zero-order valence-electron chi connectivity index (χ0n) is 15.8. The van der Waals surface area contributed by atoms with Crippen molar-refractivity contribution in [3.05, 3.63) is 46.0 Å². The number of amides is 1. The molecule has 0 radical (unpaired) electrons. The highest BCUT2D eigenvalue weighted by molar-refractivity contribution is 6.30. The lowest BCUT2D eigenvalue weighted by molar-refractivity contribution is 0.0919. The summed E-state index contributed by atoms with van der Waals surface area (Å²) in [5.41, 5.74) is 3.75. The topological polar surface area (TPSA) is 59.8 Å². The molecule has 3 rings (SSSR count). The van der Waals surface area contributed by atoms with Crippen molar-refractivity contribution < 1.29 is 4.79 Å². The lowest BCUT2D eigenvalue weighted by Crippen LogP contribution is -2.38. The average Bonchev–Trinajstić information content (AvgIpc) is 2.98. The number of halogens is 1. The normalized spacial score (nSPS) is 20.2. The minimum Gasteiger partial charge on any atom is -0.349 e. The second kappa shape index (κ2) is 8.21. The van der Waals surface area contributed by atoms with E-state index in [0.29, 0.717) is 22.2 Å². The zero-order valence-corrected chi connectivity index (χ0v) is 16.5. The van der Waals surface area contributed by atoms with E-state index in [2.05, 4.69) is 40.1 Å². The fourth-order valence-electron chi connectivity index (χ4n) is 3.76. The summed E-state index contributed by atoms with van der Waals surface area (Å²) >= 11 is 5.97. The van der Waals surface area contributed by atoms with Gasteiger partial charge in [-0.1, -0.05) is 18.5 Å². The van der Waals surface area contributed by atoms with Crippen LogP contribution in [0, 0.1) is 19.8 Å². The van der Waals surface area contributed by atoms with Crippen LogP contribution in [0.4, 0.5) is 0 Å². The van der Waals surface area contributed by atoms with E-state index in [1.54, 1.807) is 12.3 Å². The van der Waals surface area contributed by atoms with Gasteiger partial charge < -0.3 is 5.32 Å². The monoisotopic (exact) mass is 374 g/mol. The van der Waals surface area contributed by atoms with Crippen molar-refractivity contribution in [3.63, 3.8) is 0 Å². The van der Waals surface area contributed by atoms with Crippen LogP contribution in [0.25, 0.3) is 0 Å². The third kappa shape index (κ3) is 4.44. The number of carbonyl (C=O) groups excluding carboxylic acids is 1. The van der Waals surface area contributed by atoms with E-state index >= 15 is 0 Å². The van der Waals surface area contributed by atoms with Gasteiger partial charge in [0.15, 0.2) is 0 Å². The fraction of sp³-hybridized carbons (Fsp3) is 0.550. The predicted molar refractivity (Wildman–Crippen MR) is 104 cm³/mol. The van der Waals surface area contributed by atoms with Gasteiger partial charge >= 0.3 is 0 Å². The molecule has 0 bridgehead atoms. The molecule has 1 aliphatic carbocycles. The smallest absolute Gasteiger partial charge is 0.253 e. The Morgan fingerprint density at radius 3 is 2.69 bits per heavy atom. The van der Waals surface area contributed by atoms with Gasteiger partial charge in [0.25, 0.3) is 5.91 Å². The van der Waals surface area contributed by atoms with E-state index in [4.69, 9.17) is 11.6 Å². The molecule has 1 fully saturated rings. The molecular weight excluding hydrogens is 348 g/mol. The first-order valence-corrected chi connectivity index (χ1v) is 9.80. The predicted octanol–water partition coefficient (Wildman–Crippen LogP) is 4.10. The van der Waals surface area contributed by atoms with Crippen LogP contribution in [-0.2, 0) is 13.0 Å². The first-order valence-electron chi connectivity index (χ1n) is 9.42. The number of pyridine rings is 1. The molecule has 140 valence electrons. The summed E-state index contributed by atoms with van der Waals surface area (Å²) in [5, 5.41) is 8.32. The molecule has 0 atom stereocenters. The number of hydrogen-bond acceptors (Lipinski definition) is 3. The Morgan fingerprint density at radius 2 is 2.04 bits per heavy atom. The Bertz CT molecular complexity index is 778. The molecule has 0 aliphatic heterocycles. The lowest BCUT2D eigenvalue weighted by Gasteiger charge is -2.29. The van der Waals surface area contributed by atoms with Crippen LogP contribution in [0.5, 0.6) is 0 Å². The number of nitrogens with one attached hydrogen (secondary N) is 1. The van der Waals surface area contributed by atoms with Gasteiger partial charge in [0.1, 0.15) is 0 Å². The van der Waals surface area contributed by atoms with Crippen LogP contribution >= 0.6 is 11.6 Å². The Labute approximate surface area is 160 Å². The van der Waals surface area contributed by atoms with Crippen molar-refractivity contribution in [3.8, 4) is 0 Å². The summed E-state index contributed by atoms with van der Waals surface area (Å²) in [4.78, 5) is 16.7. The third-order valence-corrected chi connectivity index (χ3v) is 5.51. The minimum absolute atomic E-state index is 0.0729. The molecule has 2 aromatic heterocycles. The molecule has 0 aromatic carbocycles. The molecular formula is C20H27ClN4O. The molecule has 2 aromatic rings. The molecule has 0 saturated heterocycles. The van der Waals surface area contributed by atoms with E-state index in [1.165, 1.54) is 11.3 Å². The Hall–Kier alpha value is -1.88. The first-order chi connectivity index (χ1) is 12.5. The molecule has 1 N–H and O–H groups in total. The quantitative estimate of drug-likeness (QED) is 0.857. The summed E-state index contributed by atoms with van der Waals surface area (Å²) in [6.45, 7) is 7.07. The van der Waals surface area contributed by atoms with Gasteiger partial charge in [-0.05, 0) is 63.5 Å². The molecule has 0 spiro atoms. The van der Waals surface area contributed by atoms with Crippen LogP contribution in [0.1, 0.15) is 59.9 Å². The summed E-state index contributed by atoms with van der Waals surface area (Å²) in [7, 11) is 0. The van der Waals surface area contributed by atoms with Crippen LogP contribution in [0.3, 0.4) is 0 Å². The summed E-state index contributed by atoms with van der Waals surface area (Å²) in [5.74, 6) is 0.554. The largest absolute Gasteiger partial charge is 0.349 e. The highest BCUT2D eigenvalue weighted by atomic mass is 35.5. The Kier molecular flexibility index (Phi) is 5.97. The molecule has 0 unspecified atom stereocenters. The highest BCUT2D eigenvalue weighted by Crippen LogP contribution is 2.26. The molecule has 5 nitrogen and oxygen atoms in total. The number of aryl methyl sites for hydroxylation is 3. The maximum atomic E-state index is 12.5.